The predicted octanol–water partition coefficient (Wildman–Crippen LogP) is 5.24. The molecule has 0 aliphatic heterocycles. The molecule has 0 spiro atoms. The minimum absolute atomic E-state index is 0.0147. The largest absolute Gasteiger partial charge is 0.483 e. The summed E-state index contributed by atoms with van der Waals surface area (Å²) in [6, 6.07) is 24.8. The van der Waals surface area contributed by atoms with Crippen LogP contribution >= 0.6 is 0 Å². The lowest BCUT2D eigenvalue weighted by Crippen LogP contribution is -2.53. The van der Waals surface area contributed by atoms with Crippen molar-refractivity contribution < 1.29 is 14.3 Å². The third-order valence-electron chi connectivity index (χ3n) is 6.15. The van der Waals surface area contributed by atoms with Crippen molar-refractivity contribution in [2.24, 2.45) is 0 Å². The van der Waals surface area contributed by atoms with Crippen molar-refractivity contribution >= 4 is 11.8 Å². The van der Waals surface area contributed by atoms with Crippen LogP contribution in [0, 0.1) is 13.8 Å². The Labute approximate surface area is 209 Å². The maximum atomic E-state index is 13.6. The molecule has 5 nitrogen and oxygen atoms in total. The van der Waals surface area contributed by atoms with Gasteiger partial charge in [-0.15, -0.1) is 0 Å². The number of carbonyl (C=O) groups is 2. The molecular weight excluding hydrogens is 436 g/mol. The van der Waals surface area contributed by atoms with Gasteiger partial charge in [0.15, 0.2) is 6.61 Å². The number of hydrogen-bond acceptors (Lipinski definition) is 3. The van der Waals surface area contributed by atoms with E-state index in [4.69, 9.17) is 4.74 Å². The van der Waals surface area contributed by atoms with Crippen molar-refractivity contribution in [1.29, 1.82) is 0 Å². The number of rotatable bonds is 11. The molecule has 2 unspecified atom stereocenters. The number of amides is 2. The van der Waals surface area contributed by atoms with E-state index in [1.165, 1.54) is 0 Å². The van der Waals surface area contributed by atoms with Crippen molar-refractivity contribution in [2.45, 2.75) is 59.2 Å². The van der Waals surface area contributed by atoms with E-state index in [-0.39, 0.29) is 24.5 Å². The zero-order valence-electron chi connectivity index (χ0n) is 21.2. The van der Waals surface area contributed by atoms with Gasteiger partial charge in [0, 0.05) is 19.0 Å². The predicted molar refractivity (Wildman–Crippen MR) is 140 cm³/mol. The fraction of sp³-hybridized carbons (Fsp3) is 0.333. The van der Waals surface area contributed by atoms with Crippen molar-refractivity contribution in [2.75, 3.05) is 6.61 Å². The molecule has 184 valence electrons. The van der Waals surface area contributed by atoms with Crippen LogP contribution in [0.15, 0.2) is 78.9 Å². The van der Waals surface area contributed by atoms with E-state index < -0.39 is 6.04 Å². The summed E-state index contributed by atoms with van der Waals surface area (Å²) in [5.74, 6) is 0.292. The first-order chi connectivity index (χ1) is 16.9. The van der Waals surface area contributed by atoms with Crippen LogP contribution in [0.25, 0.3) is 0 Å². The summed E-state index contributed by atoms with van der Waals surface area (Å²) < 4.78 is 5.93. The number of nitrogens with one attached hydrogen (secondary N) is 1. The summed E-state index contributed by atoms with van der Waals surface area (Å²) in [5, 5.41) is 3.09. The van der Waals surface area contributed by atoms with Crippen LogP contribution in [0.5, 0.6) is 5.75 Å². The number of hydrogen-bond donors (Lipinski definition) is 1. The first kappa shape index (κ1) is 26.0. The molecule has 0 saturated heterocycles. The smallest absolute Gasteiger partial charge is 0.261 e. The van der Waals surface area contributed by atoms with Crippen molar-refractivity contribution in [3.8, 4) is 5.75 Å². The van der Waals surface area contributed by atoms with Crippen molar-refractivity contribution in [3.63, 3.8) is 0 Å². The lowest BCUT2D eigenvalue weighted by Gasteiger charge is -2.32. The summed E-state index contributed by atoms with van der Waals surface area (Å²) in [5.41, 5.74) is 4.07. The molecule has 35 heavy (non-hydrogen) atoms. The van der Waals surface area contributed by atoms with Gasteiger partial charge in [-0.3, -0.25) is 9.59 Å². The number of aryl methyl sites for hydroxylation is 2. The van der Waals surface area contributed by atoms with E-state index in [2.05, 4.69) is 5.32 Å². The fourth-order valence-corrected chi connectivity index (χ4v) is 3.96. The SMILES string of the molecule is CCC(C)NC(=O)C(Cc1ccccc1)N(Cc1ccccc1)C(=O)COc1ccc(C)cc1C. The third kappa shape index (κ3) is 7.71. The number of benzene rings is 3. The molecule has 1 N–H and O–H groups in total. The summed E-state index contributed by atoms with van der Waals surface area (Å²) in [6.07, 6.45) is 1.23. The lowest BCUT2D eigenvalue weighted by molar-refractivity contribution is -0.143. The number of carbonyl (C=O) groups excluding carboxylic acids is 2. The molecule has 2 atom stereocenters. The summed E-state index contributed by atoms with van der Waals surface area (Å²) in [6.45, 7) is 8.17. The van der Waals surface area contributed by atoms with Gasteiger partial charge in [0.2, 0.25) is 5.91 Å². The van der Waals surface area contributed by atoms with Gasteiger partial charge >= 0.3 is 0 Å². The summed E-state index contributed by atoms with van der Waals surface area (Å²) >= 11 is 0. The highest BCUT2D eigenvalue weighted by atomic mass is 16.5. The van der Waals surface area contributed by atoms with Gasteiger partial charge in [-0.25, -0.2) is 0 Å². The first-order valence-electron chi connectivity index (χ1n) is 12.2. The van der Waals surface area contributed by atoms with E-state index in [1.807, 2.05) is 107 Å². The molecular formula is C30H36N2O3. The monoisotopic (exact) mass is 472 g/mol. The average Bonchev–Trinajstić information content (AvgIpc) is 2.86. The topological polar surface area (TPSA) is 58.6 Å². The van der Waals surface area contributed by atoms with Gasteiger partial charge in [0.1, 0.15) is 11.8 Å². The van der Waals surface area contributed by atoms with Crippen LogP contribution in [-0.4, -0.2) is 35.4 Å². The van der Waals surface area contributed by atoms with Gasteiger partial charge < -0.3 is 15.0 Å². The molecule has 0 aromatic heterocycles. The minimum atomic E-state index is -0.665. The molecule has 0 fully saturated rings. The molecule has 0 radical (unpaired) electrons. The van der Waals surface area contributed by atoms with Gasteiger partial charge in [-0.2, -0.15) is 0 Å². The Morgan fingerprint density at radius 3 is 2.14 bits per heavy atom. The van der Waals surface area contributed by atoms with E-state index in [9.17, 15) is 9.59 Å². The van der Waals surface area contributed by atoms with Gasteiger partial charge in [-0.1, -0.05) is 85.3 Å². The molecule has 5 heteroatoms. The molecule has 0 bridgehead atoms. The minimum Gasteiger partial charge on any atom is -0.483 e. The molecule has 3 rings (SSSR count). The second kappa shape index (κ2) is 12.7. The summed E-state index contributed by atoms with van der Waals surface area (Å²) in [4.78, 5) is 28.7. The van der Waals surface area contributed by atoms with Gasteiger partial charge in [-0.05, 0) is 49.9 Å². The van der Waals surface area contributed by atoms with Gasteiger partial charge in [0.25, 0.3) is 5.91 Å². The normalized spacial score (nSPS) is 12.5. The molecule has 2 amide bonds. The molecule has 0 heterocycles. The fourth-order valence-electron chi connectivity index (χ4n) is 3.96. The maximum absolute atomic E-state index is 13.6. The lowest BCUT2D eigenvalue weighted by atomic mass is 10.0. The highest BCUT2D eigenvalue weighted by molar-refractivity contribution is 5.88. The van der Waals surface area contributed by atoms with E-state index in [0.29, 0.717) is 18.7 Å². The third-order valence-corrected chi connectivity index (χ3v) is 6.15. The van der Waals surface area contributed by atoms with Crippen LogP contribution in [0.4, 0.5) is 0 Å². The molecule has 3 aromatic rings. The zero-order valence-corrected chi connectivity index (χ0v) is 21.2. The van der Waals surface area contributed by atoms with Crippen LogP contribution in [-0.2, 0) is 22.6 Å². The molecule has 3 aromatic carbocycles. The van der Waals surface area contributed by atoms with E-state index >= 15 is 0 Å². The Bertz CT molecular complexity index is 1100. The summed E-state index contributed by atoms with van der Waals surface area (Å²) in [7, 11) is 0. The highest BCUT2D eigenvalue weighted by Crippen LogP contribution is 2.20. The first-order valence-corrected chi connectivity index (χ1v) is 12.2. The van der Waals surface area contributed by atoms with E-state index in [0.717, 1.165) is 28.7 Å². The average molecular weight is 473 g/mol. The van der Waals surface area contributed by atoms with Crippen LogP contribution in [0.2, 0.25) is 0 Å². The Morgan fingerprint density at radius 2 is 1.54 bits per heavy atom. The second-order valence-corrected chi connectivity index (χ2v) is 9.09. The zero-order chi connectivity index (χ0) is 25.2. The van der Waals surface area contributed by atoms with Crippen molar-refractivity contribution in [3.05, 3.63) is 101 Å². The van der Waals surface area contributed by atoms with Crippen molar-refractivity contribution in [1.82, 2.24) is 10.2 Å². The quantitative estimate of drug-likeness (QED) is 0.415. The van der Waals surface area contributed by atoms with Crippen LogP contribution in [0.1, 0.15) is 42.5 Å². The van der Waals surface area contributed by atoms with Crippen LogP contribution < -0.4 is 10.1 Å². The highest BCUT2D eigenvalue weighted by Gasteiger charge is 2.31. The molecule has 0 aliphatic rings. The van der Waals surface area contributed by atoms with Crippen LogP contribution in [0.3, 0.4) is 0 Å². The standard InChI is InChI=1S/C30H36N2O3/c1-5-24(4)31-30(34)27(19-25-12-8-6-9-13-25)32(20-26-14-10-7-11-15-26)29(33)21-35-28-17-16-22(2)18-23(28)3/h6-18,24,27H,5,19-21H2,1-4H3,(H,31,34). The van der Waals surface area contributed by atoms with E-state index in [1.54, 1.807) is 4.90 Å². The molecule has 0 saturated carbocycles. The second-order valence-electron chi connectivity index (χ2n) is 9.09. The van der Waals surface area contributed by atoms with Gasteiger partial charge in [0.05, 0.1) is 0 Å². The number of ether oxygens (including phenoxy) is 1. The Hall–Kier alpha value is -3.60. The Balaban J connectivity index is 1.90. The molecule has 0 aliphatic carbocycles. The maximum Gasteiger partial charge on any atom is 0.261 e. The number of nitrogens with zero attached hydrogens (tertiary/aromatic N) is 1. The Morgan fingerprint density at radius 1 is 0.914 bits per heavy atom. The Kier molecular flexibility index (Phi) is 9.47.